The summed E-state index contributed by atoms with van der Waals surface area (Å²) in [5.74, 6) is -2.39. The third-order valence-electron chi connectivity index (χ3n) is 7.76. The molecule has 0 saturated heterocycles. The van der Waals surface area contributed by atoms with Crippen LogP contribution < -0.4 is 0 Å². The molecule has 0 unspecified atom stereocenters. The predicted octanol–water partition coefficient (Wildman–Crippen LogP) is 10.5. The van der Waals surface area contributed by atoms with Crippen molar-refractivity contribution in [3.63, 3.8) is 0 Å². The maximum atomic E-state index is 15.0. The van der Waals surface area contributed by atoms with Gasteiger partial charge in [0.05, 0.1) is 0 Å². The summed E-state index contributed by atoms with van der Waals surface area (Å²) in [6.45, 7) is 4.20. The van der Waals surface area contributed by atoms with Gasteiger partial charge in [0.1, 0.15) is 0 Å². The van der Waals surface area contributed by atoms with Gasteiger partial charge in [-0.25, -0.2) is 17.6 Å². The van der Waals surface area contributed by atoms with Crippen molar-refractivity contribution >= 4 is 12.2 Å². The molecule has 196 valence electrons. The molecule has 0 atom stereocenters. The molecule has 0 spiro atoms. The van der Waals surface area contributed by atoms with Gasteiger partial charge < -0.3 is 0 Å². The molecule has 37 heavy (non-hydrogen) atoms. The van der Waals surface area contributed by atoms with Crippen LogP contribution in [0.25, 0.3) is 23.3 Å². The first-order chi connectivity index (χ1) is 17.9. The van der Waals surface area contributed by atoms with Crippen molar-refractivity contribution in [3.05, 3.63) is 94.1 Å². The molecule has 0 aromatic heterocycles. The average Bonchev–Trinajstić information content (AvgIpc) is 2.92. The molecule has 0 heterocycles. The van der Waals surface area contributed by atoms with E-state index in [1.54, 1.807) is 60.7 Å². The summed E-state index contributed by atoms with van der Waals surface area (Å²) in [7, 11) is 0. The van der Waals surface area contributed by atoms with Gasteiger partial charge in [-0.05, 0) is 72.6 Å². The Bertz CT molecular complexity index is 1220. The molecule has 0 aliphatic heterocycles. The Morgan fingerprint density at radius 2 is 1.43 bits per heavy atom. The number of halogens is 4. The van der Waals surface area contributed by atoms with E-state index in [0.717, 1.165) is 44.1 Å². The maximum absolute atomic E-state index is 15.0. The second-order valence-electron chi connectivity index (χ2n) is 10.3. The summed E-state index contributed by atoms with van der Waals surface area (Å²) < 4.78 is 59.0. The van der Waals surface area contributed by atoms with Gasteiger partial charge in [0, 0.05) is 11.1 Å². The quantitative estimate of drug-likeness (QED) is 0.199. The van der Waals surface area contributed by atoms with Crippen LogP contribution in [0.4, 0.5) is 17.6 Å². The molecular weight excluding hydrogens is 472 g/mol. The van der Waals surface area contributed by atoms with Crippen LogP contribution in [0.15, 0.2) is 48.5 Å². The van der Waals surface area contributed by atoms with Gasteiger partial charge in [0.25, 0.3) is 0 Å². The lowest BCUT2D eigenvalue weighted by Crippen LogP contribution is -2.15. The van der Waals surface area contributed by atoms with Crippen LogP contribution in [0.2, 0.25) is 0 Å². The van der Waals surface area contributed by atoms with Crippen molar-refractivity contribution in [2.75, 3.05) is 0 Å². The Morgan fingerprint density at radius 1 is 0.703 bits per heavy atom. The van der Waals surface area contributed by atoms with E-state index in [1.165, 1.54) is 12.8 Å². The first kappa shape index (κ1) is 27.2. The Labute approximate surface area is 218 Å². The maximum Gasteiger partial charge on any atom is 0.166 e. The minimum atomic E-state index is -0.839. The van der Waals surface area contributed by atoms with Crippen LogP contribution in [0.5, 0.6) is 0 Å². The molecule has 3 aromatic carbocycles. The fourth-order valence-electron chi connectivity index (χ4n) is 5.53. The molecule has 0 radical (unpaired) electrons. The normalized spacial score (nSPS) is 18.0. The summed E-state index contributed by atoms with van der Waals surface area (Å²) in [4.78, 5) is 0. The lowest BCUT2D eigenvalue weighted by atomic mass is 9.77. The van der Waals surface area contributed by atoms with Crippen LogP contribution in [0.3, 0.4) is 0 Å². The zero-order valence-electron chi connectivity index (χ0n) is 21.8. The van der Waals surface area contributed by atoms with E-state index >= 15 is 0 Å². The monoisotopic (exact) mass is 508 g/mol. The summed E-state index contributed by atoms with van der Waals surface area (Å²) in [5.41, 5.74) is 2.60. The van der Waals surface area contributed by atoms with E-state index in [-0.39, 0.29) is 17.0 Å². The summed E-state index contributed by atoms with van der Waals surface area (Å²) in [6, 6.07) is 13.6. The van der Waals surface area contributed by atoms with Crippen LogP contribution >= 0.6 is 0 Å². The number of aryl methyl sites for hydroxylation is 1. The summed E-state index contributed by atoms with van der Waals surface area (Å²) in [5, 5.41) is 0. The number of hydrogen-bond donors (Lipinski definition) is 0. The van der Waals surface area contributed by atoms with E-state index in [9.17, 15) is 17.6 Å². The van der Waals surface area contributed by atoms with Crippen molar-refractivity contribution in [3.8, 4) is 11.1 Å². The third kappa shape index (κ3) is 6.34. The van der Waals surface area contributed by atoms with E-state index < -0.39 is 23.3 Å². The molecule has 0 bridgehead atoms. The number of unbranched alkanes of at least 4 members (excludes halogenated alkanes) is 1. The second-order valence-corrected chi connectivity index (χ2v) is 10.3. The van der Waals surface area contributed by atoms with Gasteiger partial charge in [0.15, 0.2) is 23.3 Å². The standard InChI is InChI=1S/C33H36F4/c1-3-5-7-26-18-20-28(32(36)30(26)34)25-15-10-23(11-16-25)12-17-27-19-21-29(33(37)31(27)35)24-13-8-22(6-4-2)9-14-24/h10-12,15-22,24H,3-9,13-14H2,1-2H3. The number of benzene rings is 3. The highest BCUT2D eigenvalue weighted by Crippen LogP contribution is 2.39. The molecular formula is C33H36F4. The lowest BCUT2D eigenvalue weighted by molar-refractivity contribution is 0.303. The topological polar surface area (TPSA) is 0 Å². The SMILES string of the molecule is CCCCc1ccc(-c2ccc(C=Cc3ccc(C4CCC(CCC)CC4)c(F)c3F)cc2)c(F)c1F. The third-order valence-corrected chi connectivity index (χ3v) is 7.76. The minimum absolute atomic E-state index is 0.0825. The van der Waals surface area contributed by atoms with Crippen molar-refractivity contribution in [1.29, 1.82) is 0 Å². The zero-order chi connectivity index (χ0) is 26.4. The Balaban J connectivity index is 1.46. The number of rotatable bonds is 9. The highest BCUT2D eigenvalue weighted by atomic mass is 19.2. The molecule has 1 saturated carbocycles. The van der Waals surface area contributed by atoms with Crippen LogP contribution in [-0.2, 0) is 6.42 Å². The Kier molecular flexibility index (Phi) is 9.23. The van der Waals surface area contributed by atoms with Gasteiger partial charge >= 0.3 is 0 Å². The summed E-state index contributed by atoms with van der Waals surface area (Å²) >= 11 is 0. The lowest BCUT2D eigenvalue weighted by Gasteiger charge is -2.29. The Hall–Kier alpha value is -2.88. The van der Waals surface area contributed by atoms with Gasteiger partial charge in [-0.15, -0.1) is 0 Å². The van der Waals surface area contributed by atoms with Crippen molar-refractivity contribution in [2.24, 2.45) is 5.92 Å². The first-order valence-electron chi connectivity index (χ1n) is 13.7. The first-order valence-corrected chi connectivity index (χ1v) is 13.7. The van der Waals surface area contributed by atoms with Crippen LogP contribution in [-0.4, -0.2) is 0 Å². The molecule has 4 rings (SSSR count). The number of hydrogen-bond acceptors (Lipinski definition) is 0. The van der Waals surface area contributed by atoms with Crippen molar-refractivity contribution < 1.29 is 17.6 Å². The van der Waals surface area contributed by atoms with E-state index in [4.69, 9.17) is 0 Å². The molecule has 1 aliphatic rings. The van der Waals surface area contributed by atoms with E-state index in [0.29, 0.717) is 29.0 Å². The second kappa shape index (κ2) is 12.6. The highest BCUT2D eigenvalue weighted by molar-refractivity contribution is 5.72. The fourth-order valence-corrected chi connectivity index (χ4v) is 5.53. The molecule has 0 nitrogen and oxygen atoms in total. The zero-order valence-corrected chi connectivity index (χ0v) is 21.8. The molecule has 4 heteroatoms. The largest absolute Gasteiger partial charge is 0.203 e. The molecule has 1 aliphatic carbocycles. The highest BCUT2D eigenvalue weighted by Gasteiger charge is 2.25. The summed E-state index contributed by atoms with van der Waals surface area (Å²) in [6.07, 6.45) is 11.9. The van der Waals surface area contributed by atoms with Crippen molar-refractivity contribution in [1.82, 2.24) is 0 Å². The van der Waals surface area contributed by atoms with Crippen LogP contribution in [0.1, 0.15) is 93.4 Å². The van der Waals surface area contributed by atoms with Crippen molar-refractivity contribution in [2.45, 2.75) is 77.6 Å². The molecule has 0 amide bonds. The van der Waals surface area contributed by atoms with E-state index in [1.807, 2.05) is 6.92 Å². The van der Waals surface area contributed by atoms with Gasteiger partial charge in [0.2, 0.25) is 0 Å². The molecule has 3 aromatic rings. The van der Waals surface area contributed by atoms with Crippen LogP contribution in [0, 0.1) is 29.2 Å². The van der Waals surface area contributed by atoms with E-state index in [2.05, 4.69) is 6.92 Å². The van der Waals surface area contributed by atoms with Gasteiger partial charge in [-0.3, -0.25) is 0 Å². The smallest absolute Gasteiger partial charge is 0.166 e. The van der Waals surface area contributed by atoms with Gasteiger partial charge in [-0.1, -0.05) is 93.8 Å². The van der Waals surface area contributed by atoms with Gasteiger partial charge in [-0.2, -0.15) is 0 Å². The predicted molar refractivity (Wildman–Crippen MR) is 145 cm³/mol. The average molecular weight is 509 g/mol. The Morgan fingerprint density at radius 3 is 2.11 bits per heavy atom. The fraction of sp³-hybridized carbons (Fsp3) is 0.394. The molecule has 0 N–H and O–H groups in total. The minimum Gasteiger partial charge on any atom is -0.203 e. The molecule has 1 fully saturated rings.